The molecule has 6 heteroatoms. The summed E-state index contributed by atoms with van der Waals surface area (Å²) in [6.45, 7) is -3.47. The molecule has 1 aromatic rings. The van der Waals surface area contributed by atoms with E-state index in [1.54, 1.807) is 0 Å². The summed E-state index contributed by atoms with van der Waals surface area (Å²) in [7, 11) is 0. The Kier molecular flexibility index (Phi) is 2.33. The third kappa shape index (κ3) is 1.91. The minimum atomic E-state index is -4.96. The van der Waals surface area contributed by atoms with Crippen molar-refractivity contribution in [1.82, 2.24) is 4.98 Å². The Morgan fingerprint density at radius 2 is 2.00 bits per heavy atom. The zero-order valence-corrected chi connectivity index (χ0v) is 6.95. The van der Waals surface area contributed by atoms with Crippen LogP contribution in [0.15, 0.2) is 12.3 Å². The normalized spacial score (nSPS) is 11.8. The van der Waals surface area contributed by atoms with E-state index in [1.807, 2.05) is 0 Å². The van der Waals surface area contributed by atoms with Gasteiger partial charge in [0.2, 0.25) is 0 Å². The van der Waals surface area contributed by atoms with Gasteiger partial charge in [0, 0.05) is 6.20 Å². The Morgan fingerprint density at radius 3 is 2.42 bits per heavy atom. The third-order valence-electron chi connectivity index (χ3n) is 1.41. The molecule has 0 fully saturated rings. The SMILES string of the molecule is Cc1cc([B-](F)(F)F)cnc1Cl. The molecule has 0 aliphatic rings. The van der Waals surface area contributed by atoms with Gasteiger partial charge in [-0.05, 0) is 12.5 Å². The van der Waals surface area contributed by atoms with E-state index in [-0.39, 0.29) is 5.15 Å². The van der Waals surface area contributed by atoms with Crippen LogP contribution in [0.1, 0.15) is 5.56 Å². The van der Waals surface area contributed by atoms with Crippen molar-refractivity contribution in [2.24, 2.45) is 0 Å². The Bertz CT molecular complexity index is 299. The van der Waals surface area contributed by atoms with Gasteiger partial charge in [0.25, 0.3) is 0 Å². The smallest absolute Gasteiger partial charge is 0.445 e. The molecule has 1 heterocycles. The maximum atomic E-state index is 12.1. The molecule has 1 nitrogen and oxygen atoms in total. The van der Waals surface area contributed by atoms with Crippen molar-refractivity contribution < 1.29 is 12.9 Å². The summed E-state index contributed by atoms with van der Waals surface area (Å²) in [5.41, 5.74) is -0.370. The second kappa shape index (κ2) is 2.97. The van der Waals surface area contributed by atoms with Crippen molar-refractivity contribution in [3.63, 3.8) is 0 Å². The lowest BCUT2D eigenvalue weighted by Gasteiger charge is -2.14. The average molecular weight is 194 g/mol. The van der Waals surface area contributed by atoms with Crippen molar-refractivity contribution in [3.8, 4) is 0 Å². The van der Waals surface area contributed by atoms with Gasteiger partial charge in [0.1, 0.15) is 5.15 Å². The van der Waals surface area contributed by atoms with Gasteiger partial charge in [-0.2, -0.15) is 0 Å². The van der Waals surface area contributed by atoms with Crippen molar-refractivity contribution in [3.05, 3.63) is 23.0 Å². The summed E-state index contributed by atoms with van der Waals surface area (Å²) in [5.74, 6) is 0. The van der Waals surface area contributed by atoms with Crippen LogP contribution in [0.3, 0.4) is 0 Å². The quantitative estimate of drug-likeness (QED) is 0.493. The van der Waals surface area contributed by atoms with Gasteiger partial charge in [-0.25, -0.2) is 4.98 Å². The highest BCUT2D eigenvalue weighted by molar-refractivity contribution is 6.73. The molecule has 0 atom stereocenters. The Balaban J connectivity index is 3.14. The molecule has 0 N–H and O–H groups in total. The highest BCUT2D eigenvalue weighted by Crippen LogP contribution is 2.13. The molecular weight excluding hydrogens is 189 g/mol. The van der Waals surface area contributed by atoms with Crippen molar-refractivity contribution in [2.45, 2.75) is 6.92 Å². The molecule has 0 aliphatic heterocycles. The van der Waals surface area contributed by atoms with Crippen molar-refractivity contribution in [2.75, 3.05) is 0 Å². The summed E-state index contributed by atoms with van der Waals surface area (Å²) in [4.78, 5) is 3.41. The summed E-state index contributed by atoms with van der Waals surface area (Å²) >= 11 is 5.46. The van der Waals surface area contributed by atoms with Crippen LogP contribution in [0.2, 0.25) is 5.15 Å². The number of aryl methyl sites for hydroxylation is 1. The highest BCUT2D eigenvalue weighted by Gasteiger charge is 2.26. The molecular formula is C6H5BClF3N-. The first-order chi connectivity index (χ1) is 5.41. The van der Waals surface area contributed by atoms with Crippen LogP contribution in [-0.4, -0.2) is 12.0 Å². The second-order valence-corrected chi connectivity index (χ2v) is 2.81. The molecule has 1 aromatic heterocycles. The van der Waals surface area contributed by atoms with E-state index in [4.69, 9.17) is 11.6 Å². The van der Waals surface area contributed by atoms with E-state index in [0.29, 0.717) is 5.56 Å². The van der Waals surface area contributed by atoms with Crippen LogP contribution < -0.4 is 5.46 Å². The molecule has 0 saturated heterocycles. The van der Waals surface area contributed by atoms with E-state index in [1.165, 1.54) is 6.92 Å². The molecule has 66 valence electrons. The van der Waals surface area contributed by atoms with Gasteiger partial charge in [0.15, 0.2) is 0 Å². The fourth-order valence-electron chi connectivity index (χ4n) is 0.759. The number of hydrogen-bond donors (Lipinski definition) is 0. The van der Waals surface area contributed by atoms with Crippen molar-refractivity contribution >= 4 is 24.0 Å². The average Bonchev–Trinajstić information content (AvgIpc) is 1.92. The van der Waals surface area contributed by atoms with Crippen LogP contribution in [0.4, 0.5) is 12.9 Å². The van der Waals surface area contributed by atoms with Gasteiger partial charge >= 0.3 is 6.98 Å². The summed E-state index contributed by atoms with van der Waals surface area (Å²) in [6.07, 6.45) is 0.745. The molecule has 0 bridgehead atoms. The predicted molar refractivity (Wildman–Crippen MR) is 42.7 cm³/mol. The topological polar surface area (TPSA) is 12.9 Å². The fraction of sp³-hybridized carbons (Fsp3) is 0.167. The highest BCUT2D eigenvalue weighted by atomic mass is 35.5. The first-order valence-corrected chi connectivity index (χ1v) is 3.61. The minimum absolute atomic E-state index is 0.110. The second-order valence-electron chi connectivity index (χ2n) is 2.45. The van der Waals surface area contributed by atoms with E-state index < -0.39 is 12.4 Å². The molecule has 0 unspecified atom stereocenters. The molecule has 1 rings (SSSR count). The zero-order chi connectivity index (χ0) is 9.35. The lowest BCUT2D eigenvalue weighted by atomic mass is 9.81. The monoisotopic (exact) mass is 194 g/mol. The van der Waals surface area contributed by atoms with E-state index >= 15 is 0 Å². The number of rotatable bonds is 1. The van der Waals surface area contributed by atoms with Crippen LogP contribution in [0, 0.1) is 6.92 Å². The van der Waals surface area contributed by atoms with E-state index in [0.717, 1.165) is 12.3 Å². The van der Waals surface area contributed by atoms with Crippen LogP contribution >= 0.6 is 11.6 Å². The Hall–Kier alpha value is -0.705. The molecule has 0 radical (unpaired) electrons. The van der Waals surface area contributed by atoms with Crippen LogP contribution in [0.25, 0.3) is 0 Å². The van der Waals surface area contributed by atoms with Crippen molar-refractivity contribution in [1.29, 1.82) is 0 Å². The number of hydrogen-bond acceptors (Lipinski definition) is 1. The first-order valence-electron chi connectivity index (χ1n) is 3.23. The summed E-state index contributed by atoms with van der Waals surface area (Å²) < 4.78 is 36.2. The zero-order valence-electron chi connectivity index (χ0n) is 6.19. The summed E-state index contributed by atoms with van der Waals surface area (Å²) in [6, 6.07) is 0.995. The summed E-state index contributed by atoms with van der Waals surface area (Å²) in [5, 5.41) is 0.110. The molecule has 0 amide bonds. The van der Waals surface area contributed by atoms with Gasteiger partial charge < -0.3 is 12.9 Å². The van der Waals surface area contributed by atoms with Crippen LogP contribution in [-0.2, 0) is 0 Å². The lowest BCUT2D eigenvalue weighted by Crippen LogP contribution is -2.34. The van der Waals surface area contributed by atoms with E-state index in [9.17, 15) is 12.9 Å². The molecule has 0 aliphatic carbocycles. The predicted octanol–water partition coefficient (Wildman–Crippen LogP) is 2.10. The third-order valence-corrected chi connectivity index (χ3v) is 1.81. The Labute approximate surface area is 72.6 Å². The number of nitrogens with zero attached hydrogens (tertiary/aromatic N) is 1. The molecule has 12 heavy (non-hydrogen) atoms. The first kappa shape index (κ1) is 9.38. The Morgan fingerprint density at radius 1 is 1.42 bits per heavy atom. The van der Waals surface area contributed by atoms with Gasteiger partial charge in [-0.3, -0.25) is 0 Å². The number of aromatic nitrogens is 1. The minimum Gasteiger partial charge on any atom is -0.445 e. The standard InChI is InChI=1S/C6H5BClF3N/c1-4-2-5(7(9,10)11)3-12-6(4)8/h2-3H,1H3/q-1. The maximum absolute atomic E-state index is 12.1. The molecule has 0 saturated carbocycles. The number of halogens is 4. The molecule has 0 aromatic carbocycles. The van der Waals surface area contributed by atoms with Crippen LogP contribution in [0.5, 0.6) is 0 Å². The lowest BCUT2D eigenvalue weighted by molar-refractivity contribution is 0.500. The van der Waals surface area contributed by atoms with Gasteiger partial charge in [-0.1, -0.05) is 23.1 Å². The number of pyridine rings is 1. The molecule has 0 spiro atoms. The fourth-order valence-corrected chi connectivity index (χ4v) is 0.862. The van der Waals surface area contributed by atoms with Gasteiger partial charge in [-0.15, -0.1) is 0 Å². The maximum Gasteiger partial charge on any atom is 0.511 e. The van der Waals surface area contributed by atoms with Gasteiger partial charge in [0.05, 0.1) is 0 Å². The van der Waals surface area contributed by atoms with E-state index in [2.05, 4.69) is 4.98 Å². The largest absolute Gasteiger partial charge is 0.511 e.